The Hall–Kier alpha value is 0.0700. The number of carbonyl (C=O) groups excluding carboxylic acids is 1. The summed E-state index contributed by atoms with van der Waals surface area (Å²) in [6.07, 6.45) is 7.65. The molecule has 0 N–H and O–H groups in total. The van der Waals surface area contributed by atoms with E-state index in [1.165, 1.54) is 19.4 Å². The Morgan fingerprint density at radius 1 is 1.14 bits per heavy atom. The third-order valence-corrected chi connectivity index (χ3v) is 6.76. The molecule has 0 radical (unpaired) electrons. The predicted octanol–water partition coefficient (Wildman–Crippen LogP) is 3.27. The maximum Gasteiger partial charge on any atom is 0.149 e. The lowest BCUT2D eigenvalue weighted by Gasteiger charge is -2.39. The fourth-order valence-corrected chi connectivity index (χ4v) is 5.16. The molecule has 0 aromatic heterocycles. The van der Waals surface area contributed by atoms with E-state index >= 15 is 0 Å². The molecular weight excluding hydrogens is 328 g/mol. The summed E-state index contributed by atoms with van der Waals surface area (Å²) < 4.78 is 0. The van der Waals surface area contributed by atoms with E-state index in [1.54, 1.807) is 0 Å². The third-order valence-electron chi connectivity index (χ3n) is 5.84. The van der Waals surface area contributed by atoms with Crippen molar-refractivity contribution >= 4 is 21.7 Å². The highest BCUT2D eigenvalue weighted by atomic mass is 79.9. The number of fused-ring (bicyclic) bond motifs is 1. The zero-order valence-electron chi connectivity index (χ0n) is 13.4. The summed E-state index contributed by atoms with van der Waals surface area (Å²) in [5.41, 5.74) is 0. The summed E-state index contributed by atoms with van der Waals surface area (Å²) in [4.78, 5) is 18.5. The molecule has 3 unspecified atom stereocenters. The molecule has 2 aliphatic heterocycles. The Bertz CT molecular complexity index is 381. The molecule has 1 saturated carbocycles. The Kier molecular flexibility index (Phi) is 5.07. The summed E-state index contributed by atoms with van der Waals surface area (Å²) in [6, 6.07) is 0.534. The number of alkyl halides is 1. The number of rotatable bonds is 3. The number of hydrogen-bond donors (Lipinski definition) is 0. The highest BCUT2D eigenvalue weighted by Crippen LogP contribution is 2.34. The first kappa shape index (κ1) is 15.9. The van der Waals surface area contributed by atoms with Crippen LogP contribution >= 0.6 is 15.9 Å². The van der Waals surface area contributed by atoms with Gasteiger partial charge in [-0.2, -0.15) is 0 Å². The molecule has 0 amide bonds. The molecule has 0 bridgehead atoms. The van der Waals surface area contributed by atoms with Gasteiger partial charge in [0.1, 0.15) is 5.78 Å². The first-order chi connectivity index (χ1) is 10.1. The predicted molar refractivity (Wildman–Crippen MR) is 89.6 cm³/mol. The van der Waals surface area contributed by atoms with Crippen molar-refractivity contribution in [3.63, 3.8) is 0 Å². The van der Waals surface area contributed by atoms with Crippen LogP contribution in [0.2, 0.25) is 0 Å². The average Bonchev–Trinajstić information content (AvgIpc) is 2.77. The van der Waals surface area contributed by atoms with Crippen LogP contribution in [0.1, 0.15) is 52.4 Å². The molecule has 2 heterocycles. The van der Waals surface area contributed by atoms with Gasteiger partial charge in [0.05, 0.1) is 12.7 Å². The van der Waals surface area contributed by atoms with Crippen molar-refractivity contribution in [2.24, 2.45) is 11.8 Å². The van der Waals surface area contributed by atoms with Crippen LogP contribution < -0.4 is 0 Å². The van der Waals surface area contributed by atoms with Gasteiger partial charge in [-0.1, -0.05) is 22.9 Å². The van der Waals surface area contributed by atoms with Gasteiger partial charge >= 0.3 is 0 Å². The van der Waals surface area contributed by atoms with Crippen LogP contribution in [-0.4, -0.2) is 52.3 Å². The minimum absolute atomic E-state index is 0.318. The van der Waals surface area contributed by atoms with Crippen molar-refractivity contribution in [3.8, 4) is 0 Å². The van der Waals surface area contributed by atoms with Gasteiger partial charge in [0, 0.05) is 23.3 Å². The Labute approximate surface area is 137 Å². The second kappa shape index (κ2) is 6.67. The van der Waals surface area contributed by atoms with Gasteiger partial charge in [-0.05, 0) is 57.9 Å². The molecule has 3 nitrogen and oxygen atoms in total. The van der Waals surface area contributed by atoms with Crippen LogP contribution in [0.15, 0.2) is 0 Å². The molecule has 3 atom stereocenters. The van der Waals surface area contributed by atoms with Crippen molar-refractivity contribution < 1.29 is 4.79 Å². The molecule has 2 saturated heterocycles. The van der Waals surface area contributed by atoms with E-state index in [0.29, 0.717) is 41.2 Å². The first-order valence-corrected chi connectivity index (χ1v) is 9.64. The maximum absolute atomic E-state index is 12.7. The maximum atomic E-state index is 12.7. The van der Waals surface area contributed by atoms with Gasteiger partial charge in [0.15, 0.2) is 0 Å². The van der Waals surface area contributed by atoms with E-state index in [4.69, 9.17) is 0 Å². The Balaban J connectivity index is 1.61. The highest BCUT2D eigenvalue weighted by Gasteiger charge is 2.43. The molecule has 0 spiro atoms. The molecule has 3 aliphatic rings. The largest absolute Gasteiger partial charge is 0.298 e. The summed E-state index contributed by atoms with van der Waals surface area (Å²) in [5.74, 6) is 1.52. The van der Waals surface area contributed by atoms with E-state index in [1.807, 2.05) is 0 Å². The van der Waals surface area contributed by atoms with E-state index in [9.17, 15) is 4.79 Å². The van der Waals surface area contributed by atoms with Gasteiger partial charge in [-0.25, -0.2) is 0 Å². The first-order valence-electron chi connectivity index (χ1n) is 8.73. The second-order valence-corrected chi connectivity index (χ2v) is 8.76. The molecule has 120 valence electrons. The number of halogens is 1. The van der Waals surface area contributed by atoms with E-state index in [0.717, 1.165) is 32.2 Å². The topological polar surface area (TPSA) is 23.6 Å². The number of carbonyl (C=O) groups is 1. The summed E-state index contributed by atoms with van der Waals surface area (Å²) >= 11 is 3.69. The highest BCUT2D eigenvalue weighted by molar-refractivity contribution is 9.09. The van der Waals surface area contributed by atoms with Gasteiger partial charge in [-0.3, -0.25) is 14.6 Å². The minimum Gasteiger partial charge on any atom is -0.298 e. The standard InChI is InChI=1S/C17H29BrN2O/c1-12-4-3-9-19-10-13(2)20(17(12)19)11-16(21)14-5-7-15(18)8-6-14/h12-15,17H,3-11H2,1-2H3. The minimum atomic E-state index is 0.318. The molecule has 3 rings (SSSR count). The Morgan fingerprint density at radius 3 is 2.57 bits per heavy atom. The van der Waals surface area contributed by atoms with Crippen LogP contribution in [-0.2, 0) is 4.79 Å². The van der Waals surface area contributed by atoms with Crippen LogP contribution in [0.25, 0.3) is 0 Å². The van der Waals surface area contributed by atoms with E-state index in [2.05, 4.69) is 39.6 Å². The summed E-state index contributed by atoms with van der Waals surface area (Å²) in [7, 11) is 0. The molecule has 1 aliphatic carbocycles. The van der Waals surface area contributed by atoms with Gasteiger partial charge < -0.3 is 0 Å². The summed E-state index contributed by atoms with van der Waals surface area (Å²) in [6.45, 7) is 7.72. The van der Waals surface area contributed by atoms with Gasteiger partial charge in [0.25, 0.3) is 0 Å². The number of ketones is 1. The van der Waals surface area contributed by atoms with E-state index < -0.39 is 0 Å². The lowest BCUT2D eigenvalue weighted by molar-refractivity contribution is -0.126. The zero-order valence-corrected chi connectivity index (χ0v) is 15.0. The molecule has 3 fully saturated rings. The SMILES string of the molecule is CC1CCCN2CC(C)N(CC(=O)C3CCC(Br)CC3)C12. The fourth-order valence-electron chi connectivity index (χ4n) is 4.63. The van der Waals surface area contributed by atoms with Crippen molar-refractivity contribution in [2.45, 2.75) is 69.4 Å². The molecule has 21 heavy (non-hydrogen) atoms. The van der Waals surface area contributed by atoms with Crippen molar-refractivity contribution in [2.75, 3.05) is 19.6 Å². The summed E-state index contributed by atoms with van der Waals surface area (Å²) in [5, 5.41) is 0. The fraction of sp³-hybridized carbons (Fsp3) is 0.941. The molecular formula is C17H29BrN2O. The van der Waals surface area contributed by atoms with E-state index in [-0.39, 0.29) is 0 Å². The van der Waals surface area contributed by atoms with Crippen LogP contribution in [0.5, 0.6) is 0 Å². The molecule has 0 aromatic rings. The second-order valence-electron chi connectivity index (χ2n) is 7.46. The van der Waals surface area contributed by atoms with Crippen molar-refractivity contribution in [1.29, 1.82) is 0 Å². The van der Waals surface area contributed by atoms with Crippen LogP contribution in [0, 0.1) is 11.8 Å². The van der Waals surface area contributed by atoms with Crippen molar-refractivity contribution in [3.05, 3.63) is 0 Å². The van der Waals surface area contributed by atoms with Crippen molar-refractivity contribution in [1.82, 2.24) is 9.80 Å². The quantitative estimate of drug-likeness (QED) is 0.725. The number of nitrogens with zero attached hydrogens (tertiary/aromatic N) is 2. The lowest BCUT2D eigenvalue weighted by atomic mass is 9.85. The molecule has 4 heteroatoms. The lowest BCUT2D eigenvalue weighted by Crippen LogP contribution is -2.50. The smallest absolute Gasteiger partial charge is 0.149 e. The van der Waals surface area contributed by atoms with Crippen LogP contribution in [0.3, 0.4) is 0 Å². The number of hydrogen-bond acceptors (Lipinski definition) is 3. The third kappa shape index (κ3) is 3.37. The normalized spacial score (nSPS) is 42.0. The number of Topliss-reactive ketones (excluding diaryl/α,β-unsaturated/α-hetero) is 1. The monoisotopic (exact) mass is 356 g/mol. The van der Waals surface area contributed by atoms with Crippen LogP contribution in [0.4, 0.5) is 0 Å². The van der Waals surface area contributed by atoms with Gasteiger partial charge in [0.2, 0.25) is 0 Å². The average molecular weight is 357 g/mol. The molecule has 0 aromatic carbocycles. The zero-order chi connectivity index (χ0) is 15.0. The number of piperidine rings is 1. The Morgan fingerprint density at radius 2 is 1.86 bits per heavy atom. The van der Waals surface area contributed by atoms with Gasteiger partial charge in [-0.15, -0.1) is 0 Å².